The van der Waals surface area contributed by atoms with Crippen LogP contribution in [-0.4, -0.2) is 59.8 Å². The summed E-state index contributed by atoms with van der Waals surface area (Å²) in [5, 5.41) is 0. The third-order valence-corrected chi connectivity index (χ3v) is 28.4. The summed E-state index contributed by atoms with van der Waals surface area (Å²) in [4.78, 5) is 55.2. The highest BCUT2D eigenvalue weighted by molar-refractivity contribution is 5.90. The van der Waals surface area contributed by atoms with Crippen molar-refractivity contribution < 1.29 is 0 Å². The summed E-state index contributed by atoms with van der Waals surface area (Å²) in [7, 11) is 0. The Bertz CT molecular complexity index is 8500. The van der Waals surface area contributed by atoms with E-state index in [1.807, 2.05) is 74.8 Å². The largest absolute Gasteiger partial charge is 0.241 e. The first-order valence-corrected chi connectivity index (χ1v) is 49.3. The van der Waals surface area contributed by atoms with Crippen LogP contribution in [0.5, 0.6) is 0 Å². The molecule has 22 aromatic rings. The van der Waals surface area contributed by atoms with Crippen molar-refractivity contribution in [3.05, 3.63) is 527 Å². The molecular weight excluding hydrogens is 1750 g/mol. The van der Waals surface area contributed by atoms with Gasteiger partial charge in [-0.15, -0.1) is 0 Å². The van der Waals surface area contributed by atoms with Crippen LogP contribution in [0.15, 0.2) is 425 Å². The molecule has 0 saturated heterocycles. The highest BCUT2D eigenvalue weighted by Gasteiger charge is 2.32. The summed E-state index contributed by atoms with van der Waals surface area (Å²) >= 11 is 0. The van der Waals surface area contributed by atoms with Gasteiger partial charge in [0.25, 0.3) is 0 Å². The zero-order valence-corrected chi connectivity index (χ0v) is 81.0. The number of aryl methyl sites for hydroxylation is 6. The van der Waals surface area contributed by atoms with Gasteiger partial charge in [-0.3, -0.25) is 0 Å². The van der Waals surface area contributed by atoms with Crippen molar-refractivity contribution in [2.24, 2.45) is 0 Å². The van der Waals surface area contributed by atoms with E-state index in [-0.39, 0.29) is 0 Å². The van der Waals surface area contributed by atoms with Crippen LogP contribution in [0.1, 0.15) is 101 Å². The second-order valence-electron chi connectivity index (χ2n) is 37.2. The van der Waals surface area contributed by atoms with E-state index in [1.165, 1.54) is 189 Å². The quantitative estimate of drug-likeness (QED) is 0.128. The first kappa shape index (κ1) is 89.9. The molecule has 144 heavy (non-hydrogen) atoms. The van der Waals surface area contributed by atoms with E-state index >= 15 is 0 Å². The lowest BCUT2D eigenvalue weighted by Crippen LogP contribution is -1.98. The minimum absolute atomic E-state index is 0.805. The molecule has 0 N–H and O–H groups in total. The van der Waals surface area contributed by atoms with Crippen molar-refractivity contribution in [3.63, 3.8) is 0 Å². The first-order chi connectivity index (χ1) is 70.9. The van der Waals surface area contributed by atoms with Gasteiger partial charge in [0, 0.05) is 152 Å². The molecule has 6 aromatic heterocycles. The van der Waals surface area contributed by atoms with Gasteiger partial charge in [0.05, 0.1) is 34.2 Å². The highest BCUT2D eigenvalue weighted by Crippen LogP contribution is 2.49. The molecule has 0 saturated carbocycles. The zero-order chi connectivity index (χ0) is 97.1. The Labute approximate surface area is 840 Å². The van der Waals surface area contributed by atoms with Crippen LogP contribution >= 0.6 is 0 Å². The van der Waals surface area contributed by atoms with Gasteiger partial charge in [-0.1, -0.05) is 394 Å². The molecule has 0 unspecified atom stereocenters. The molecule has 28 rings (SSSR count). The molecule has 0 atom stereocenters. The van der Waals surface area contributed by atoms with Crippen molar-refractivity contribution in [2.45, 2.75) is 80.1 Å². The van der Waals surface area contributed by atoms with Gasteiger partial charge in [-0.05, 0) is 170 Å². The first-order valence-electron chi connectivity index (χ1n) is 49.3. The highest BCUT2D eigenvalue weighted by atomic mass is 14.9. The zero-order valence-electron chi connectivity index (χ0n) is 81.0. The molecule has 0 amide bonds. The second-order valence-corrected chi connectivity index (χ2v) is 37.2. The number of hydrogen-bond acceptors (Lipinski definition) is 12. The summed E-state index contributed by atoms with van der Waals surface area (Å²) < 4.78 is 0. The van der Waals surface area contributed by atoms with Crippen LogP contribution < -0.4 is 0 Å². The Kier molecular flexibility index (Phi) is 24.8. The average Bonchev–Trinajstić information content (AvgIpc) is 1.62. The molecule has 688 valence electrons. The smallest absolute Gasteiger partial charge is 0.160 e. The Balaban J connectivity index is 0.0000000960. The number of benzene rings is 16. The topological polar surface area (TPSA) is 155 Å². The molecule has 16 aromatic carbocycles. The summed E-state index contributed by atoms with van der Waals surface area (Å²) in [5.74, 6) is 3.27. The van der Waals surface area contributed by atoms with Crippen molar-refractivity contribution in [3.8, 4) is 179 Å². The maximum atomic E-state index is 4.95. The molecule has 0 fully saturated rings. The third kappa shape index (κ3) is 18.0. The number of fused-ring (bicyclic) bond motifs is 18. The maximum Gasteiger partial charge on any atom is 0.160 e. The molecule has 12 heteroatoms. The Morgan fingerprint density at radius 2 is 0.403 bits per heavy atom. The van der Waals surface area contributed by atoms with E-state index in [2.05, 4.69) is 419 Å². The average molecular weight is 1850 g/mol. The van der Waals surface area contributed by atoms with Crippen molar-refractivity contribution in [2.75, 3.05) is 0 Å². The minimum atomic E-state index is 0.805. The number of aromatic nitrogens is 12. The van der Waals surface area contributed by atoms with Crippen molar-refractivity contribution in [1.29, 1.82) is 0 Å². The summed E-state index contributed by atoms with van der Waals surface area (Å²) in [6, 6.07) is 141. The molecule has 0 aliphatic heterocycles. The molecule has 0 radical (unpaired) electrons. The third-order valence-electron chi connectivity index (χ3n) is 28.4. The van der Waals surface area contributed by atoms with Gasteiger partial charge in [-0.25, -0.2) is 59.8 Å². The van der Waals surface area contributed by atoms with E-state index in [4.69, 9.17) is 19.9 Å². The van der Waals surface area contributed by atoms with E-state index in [9.17, 15) is 0 Å². The van der Waals surface area contributed by atoms with E-state index in [0.717, 1.165) is 130 Å². The fourth-order valence-corrected chi connectivity index (χ4v) is 21.1. The lowest BCUT2D eigenvalue weighted by Gasteiger charge is -2.10. The Morgan fingerprint density at radius 1 is 0.153 bits per heavy atom. The fraction of sp³-hybridized carbons (Fsp3) is 0.0909. The van der Waals surface area contributed by atoms with Gasteiger partial charge in [0.2, 0.25) is 0 Å². The fourth-order valence-electron chi connectivity index (χ4n) is 21.1. The predicted octanol–water partition coefficient (Wildman–Crippen LogP) is 30.8. The molecule has 12 nitrogen and oxygen atoms in total. The molecule has 6 aliphatic carbocycles. The van der Waals surface area contributed by atoms with Gasteiger partial charge in [0.15, 0.2) is 11.6 Å². The van der Waals surface area contributed by atoms with Crippen molar-refractivity contribution >= 4 is 0 Å². The van der Waals surface area contributed by atoms with Crippen LogP contribution in [0.3, 0.4) is 0 Å². The van der Waals surface area contributed by atoms with Crippen LogP contribution in [0.2, 0.25) is 0 Å². The van der Waals surface area contributed by atoms with Crippen LogP contribution in [0, 0.1) is 41.5 Å². The Morgan fingerprint density at radius 3 is 0.757 bits per heavy atom. The minimum Gasteiger partial charge on any atom is -0.241 e. The summed E-state index contributed by atoms with van der Waals surface area (Å²) in [6.45, 7) is 12.2. The van der Waals surface area contributed by atoms with E-state index in [0.29, 0.717) is 0 Å². The molecule has 6 heterocycles. The summed E-state index contributed by atoms with van der Waals surface area (Å²) in [6.07, 6.45) is 12.8. The van der Waals surface area contributed by atoms with Crippen LogP contribution in [-0.2, 0) is 38.5 Å². The van der Waals surface area contributed by atoms with Crippen LogP contribution in [0.4, 0.5) is 0 Å². The summed E-state index contributed by atoms with van der Waals surface area (Å²) in [5.41, 5.74) is 56.3. The standard InChI is InChI=1S/4C24H18N2.2C18H14N2/c1-16-21-15-22-19(17-9-4-2-5-10-17)13-8-14-20(22)23(21)26-24(25-16)18-11-6-3-7-12-18;1-16-21-15-20-13-12-19(17-8-4-2-5-9-17)14-22(20)23(21)26-24(25-16)18-10-6-3-7-11-18;1-16-25-15-20-14-23-21(8-5-9-22(23)24(20)26-16)19-12-10-18(11-13-19)17-6-3-2-4-7-17;1-16-22-14-23-20(8-5-9-21(23)24(22)26-15-25-16)19-12-10-18(11-13-19)17-6-3-2-4-7-17;1-12-19-11-14-10-17-15(13-6-3-2-4-7-13)8-5-9-16(17)18(14)20-12;1-12-16-10-17-14(13-6-3-2-4-7-13)8-5-9-15(17)18(16)20-11-19-12/h2*2-14H,15H2,1H3;2*2-13,15H,14H2,1H3;2*2-9,11H,10H2,1H3. The SMILES string of the molecule is Cc1nc(-c2ccccc2)nc2c1Cc1c(-c3ccccc3)cccc1-2.Cc1nc(-c2ccccc2)nc2c1Cc1ccc(-c3ccccc3)cc1-2.Cc1ncc2c(n1)-c1cccc(-c3ccc(-c4ccccc4)cc3)c1C2.Cc1ncc2c(n1)-c1cccc(-c3ccccc3)c1C2.Cc1ncnc2c1Cc1c(-c3ccc(-c4ccccc4)cc3)cccc1-2.Cc1ncnc2c1Cc1c(-c3ccccc3)cccc1-2. The van der Waals surface area contributed by atoms with E-state index < -0.39 is 0 Å². The normalized spacial score (nSPS) is 11.9. The van der Waals surface area contributed by atoms with Gasteiger partial charge >= 0.3 is 0 Å². The molecular formula is C132H100N12. The molecule has 0 bridgehead atoms. The number of hydrogen-bond donors (Lipinski definition) is 0. The maximum absolute atomic E-state index is 4.95. The van der Waals surface area contributed by atoms with Gasteiger partial charge in [0.1, 0.15) is 24.3 Å². The molecule has 6 aliphatic rings. The lowest BCUT2D eigenvalue weighted by atomic mass is 9.94. The second kappa shape index (κ2) is 39.7. The Hall–Kier alpha value is -18.0. The van der Waals surface area contributed by atoms with Gasteiger partial charge in [-0.2, -0.15) is 0 Å². The molecule has 0 spiro atoms. The predicted molar refractivity (Wildman–Crippen MR) is 584 cm³/mol. The number of rotatable bonds is 10. The number of nitrogens with zero attached hydrogens (tertiary/aromatic N) is 12. The lowest BCUT2D eigenvalue weighted by molar-refractivity contribution is 1.03. The monoisotopic (exact) mass is 1850 g/mol. The van der Waals surface area contributed by atoms with E-state index in [1.54, 1.807) is 12.7 Å². The van der Waals surface area contributed by atoms with Crippen LogP contribution in [0.25, 0.3) is 179 Å². The van der Waals surface area contributed by atoms with Crippen molar-refractivity contribution in [1.82, 2.24) is 59.8 Å². The van der Waals surface area contributed by atoms with Gasteiger partial charge < -0.3 is 0 Å².